The lowest BCUT2D eigenvalue weighted by atomic mass is 10.2. The van der Waals surface area contributed by atoms with Crippen LogP contribution in [0.2, 0.25) is 0 Å². The Labute approximate surface area is 184 Å². The van der Waals surface area contributed by atoms with Crippen molar-refractivity contribution in [3.63, 3.8) is 0 Å². The smallest absolute Gasteiger partial charge is 0.267 e. The van der Waals surface area contributed by atoms with Gasteiger partial charge in [-0.3, -0.25) is 0 Å². The lowest BCUT2D eigenvalue weighted by molar-refractivity contribution is -0.597. The second-order valence-electron chi connectivity index (χ2n) is 7.16. The van der Waals surface area contributed by atoms with E-state index < -0.39 is 10.0 Å². The van der Waals surface area contributed by atoms with Crippen molar-refractivity contribution in [3.05, 3.63) is 102 Å². The standard InChI is InChI=1S/C23H18N6O2S/c1-17-9-11-18(12-10-17)32(30,31)27-22-23(26-20-7-3-2-6-19(20)25-22)29-15-14-28(16-29)21-8-4-5-13-24-21/h2-16H,1H3. The average Bonchev–Trinajstić information content (AvgIpc) is 3.29. The van der Waals surface area contributed by atoms with Gasteiger partial charge in [0.05, 0.1) is 4.90 Å². The summed E-state index contributed by atoms with van der Waals surface area (Å²) in [5.41, 5.74) is 2.15. The van der Waals surface area contributed by atoms with Gasteiger partial charge in [0.15, 0.2) is 5.82 Å². The molecule has 0 fully saturated rings. The third-order valence-electron chi connectivity index (χ3n) is 4.85. The van der Waals surface area contributed by atoms with Crippen LogP contribution in [0.25, 0.3) is 27.4 Å². The van der Waals surface area contributed by atoms with Crippen LogP contribution in [0.5, 0.6) is 0 Å². The second-order valence-corrected chi connectivity index (χ2v) is 8.76. The summed E-state index contributed by atoms with van der Waals surface area (Å²) in [5, 5.41) is 0. The number of aryl methyl sites for hydroxylation is 1. The molecule has 0 aliphatic carbocycles. The fourth-order valence-corrected chi connectivity index (χ4v) is 4.15. The number of para-hydroxylation sites is 2. The third-order valence-corrected chi connectivity index (χ3v) is 6.14. The van der Waals surface area contributed by atoms with E-state index in [1.54, 1.807) is 52.3 Å². The van der Waals surface area contributed by atoms with Crippen molar-refractivity contribution in [3.8, 4) is 11.6 Å². The van der Waals surface area contributed by atoms with Crippen LogP contribution in [0.4, 0.5) is 5.82 Å². The van der Waals surface area contributed by atoms with Gasteiger partial charge in [0.2, 0.25) is 16.4 Å². The van der Waals surface area contributed by atoms with Crippen molar-refractivity contribution in [2.75, 3.05) is 0 Å². The van der Waals surface area contributed by atoms with Crippen molar-refractivity contribution in [2.24, 2.45) is 0 Å². The molecule has 0 bridgehead atoms. The van der Waals surface area contributed by atoms with Gasteiger partial charge in [-0.2, -0.15) is 0 Å². The van der Waals surface area contributed by atoms with Crippen LogP contribution in [0, 0.1) is 6.92 Å². The zero-order chi connectivity index (χ0) is 22.1. The first kappa shape index (κ1) is 19.8. The van der Waals surface area contributed by atoms with E-state index in [0.29, 0.717) is 22.7 Å². The molecule has 3 aromatic heterocycles. The van der Waals surface area contributed by atoms with Crippen LogP contribution < -0.4 is 4.57 Å². The molecule has 0 N–H and O–H groups in total. The number of nitrogens with zero attached hydrogens (tertiary/aromatic N) is 6. The third kappa shape index (κ3) is 3.81. The number of rotatable bonds is 5. The van der Waals surface area contributed by atoms with Crippen LogP contribution in [-0.4, -0.2) is 27.9 Å². The minimum atomic E-state index is -3.98. The highest BCUT2D eigenvalue weighted by molar-refractivity contribution is 7.94. The number of hydrogen-bond donors (Lipinski definition) is 0. The zero-order valence-corrected chi connectivity index (χ0v) is 17.9. The summed E-state index contributed by atoms with van der Waals surface area (Å²) >= 11 is 0. The number of pyridine rings is 1. The summed E-state index contributed by atoms with van der Waals surface area (Å²) in [7, 11) is -3.98. The molecule has 8 nitrogen and oxygen atoms in total. The number of hydrogen-bond acceptors (Lipinski definition) is 5. The van der Waals surface area contributed by atoms with E-state index >= 15 is 0 Å². The topological polar surface area (TPSA) is 95.7 Å². The summed E-state index contributed by atoms with van der Waals surface area (Å²) in [6.45, 7) is 1.89. The molecule has 0 atom stereocenters. The second kappa shape index (κ2) is 7.86. The highest BCUT2D eigenvalue weighted by atomic mass is 32.2. The average molecular weight is 443 g/mol. The summed E-state index contributed by atoms with van der Waals surface area (Å²) in [6.07, 6.45) is 7.01. The lowest BCUT2D eigenvalue weighted by Crippen LogP contribution is -2.30. The molecule has 3 heterocycles. The van der Waals surface area contributed by atoms with Gasteiger partial charge in [-0.15, -0.1) is 4.98 Å². The van der Waals surface area contributed by atoms with Gasteiger partial charge in [0, 0.05) is 17.5 Å². The molecular formula is C23H18N6O2S. The molecule has 0 aliphatic rings. The van der Waals surface area contributed by atoms with E-state index in [9.17, 15) is 8.42 Å². The Morgan fingerprint density at radius 2 is 1.62 bits per heavy atom. The Morgan fingerprint density at radius 3 is 2.34 bits per heavy atom. The van der Waals surface area contributed by atoms with E-state index in [0.717, 1.165) is 5.56 Å². The van der Waals surface area contributed by atoms with E-state index in [1.807, 2.05) is 43.3 Å². The normalized spacial score (nSPS) is 11.5. The number of sulfonamides is 1. The monoisotopic (exact) mass is 442 g/mol. The largest absolute Gasteiger partial charge is 0.427 e. The van der Waals surface area contributed by atoms with Crippen molar-refractivity contribution in [1.29, 1.82) is 0 Å². The Kier molecular flexibility index (Phi) is 4.87. The van der Waals surface area contributed by atoms with Crippen LogP contribution in [0.3, 0.4) is 0 Å². The SMILES string of the molecule is Cc1ccc(S(=O)(=O)[N-]c2nc3ccccc3nc2-[n+]2ccn(-c3ccccn3)c2)cc1. The van der Waals surface area contributed by atoms with Crippen molar-refractivity contribution in [1.82, 2.24) is 19.5 Å². The lowest BCUT2D eigenvalue weighted by Gasteiger charge is -2.17. The van der Waals surface area contributed by atoms with Gasteiger partial charge in [-0.1, -0.05) is 42.0 Å². The molecule has 9 heteroatoms. The molecule has 158 valence electrons. The van der Waals surface area contributed by atoms with Crippen molar-refractivity contribution in [2.45, 2.75) is 11.8 Å². The van der Waals surface area contributed by atoms with E-state index in [1.165, 1.54) is 12.1 Å². The van der Waals surface area contributed by atoms with Gasteiger partial charge in [0.1, 0.15) is 17.9 Å². The highest BCUT2D eigenvalue weighted by Gasteiger charge is 2.18. The molecule has 0 aliphatic heterocycles. The van der Waals surface area contributed by atoms with Crippen LogP contribution in [0.15, 0.2) is 96.5 Å². The van der Waals surface area contributed by atoms with Crippen LogP contribution >= 0.6 is 0 Å². The van der Waals surface area contributed by atoms with Crippen molar-refractivity contribution < 1.29 is 13.0 Å². The molecule has 0 radical (unpaired) electrons. The maximum Gasteiger partial charge on any atom is 0.267 e. The first-order valence-corrected chi connectivity index (χ1v) is 11.3. The molecule has 0 saturated carbocycles. The maximum atomic E-state index is 13.0. The highest BCUT2D eigenvalue weighted by Crippen LogP contribution is 2.30. The summed E-state index contributed by atoms with van der Waals surface area (Å²) in [4.78, 5) is 13.6. The van der Waals surface area contributed by atoms with Gasteiger partial charge in [-0.05, 0) is 37.3 Å². The predicted molar refractivity (Wildman–Crippen MR) is 120 cm³/mol. The Bertz CT molecular complexity index is 1510. The molecule has 5 aromatic rings. The zero-order valence-electron chi connectivity index (χ0n) is 17.1. The fraction of sp³-hybridized carbons (Fsp3) is 0.0435. The Hall–Kier alpha value is -4.11. The molecule has 2 aromatic carbocycles. The fourth-order valence-electron chi connectivity index (χ4n) is 3.21. The number of benzene rings is 2. The summed E-state index contributed by atoms with van der Waals surface area (Å²) in [5.74, 6) is 1.02. The molecule has 0 saturated heterocycles. The maximum absolute atomic E-state index is 13.0. The van der Waals surface area contributed by atoms with Crippen LogP contribution in [0.1, 0.15) is 5.56 Å². The first-order valence-electron chi connectivity index (χ1n) is 9.82. The summed E-state index contributed by atoms with van der Waals surface area (Å²) in [6, 6.07) is 19.4. The minimum absolute atomic E-state index is 0.00745. The van der Waals surface area contributed by atoms with E-state index in [-0.39, 0.29) is 10.7 Å². The number of fused-ring (bicyclic) bond motifs is 1. The van der Waals surface area contributed by atoms with E-state index in [2.05, 4.69) is 19.7 Å². The van der Waals surface area contributed by atoms with Crippen molar-refractivity contribution >= 4 is 26.9 Å². The Balaban J connectivity index is 1.62. The van der Waals surface area contributed by atoms with Gasteiger partial charge in [0.25, 0.3) is 5.82 Å². The first-order chi connectivity index (χ1) is 15.5. The Morgan fingerprint density at radius 1 is 0.906 bits per heavy atom. The number of imidazole rings is 1. The minimum Gasteiger partial charge on any atom is -0.427 e. The molecular weight excluding hydrogens is 424 g/mol. The summed E-state index contributed by atoms with van der Waals surface area (Å²) < 4.78 is 33.5. The quantitative estimate of drug-likeness (QED) is 0.386. The molecule has 0 spiro atoms. The van der Waals surface area contributed by atoms with Gasteiger partial charge >= 0.3 is 0 Å². The van der Waals surface area contributed by atoms with E-state index in [4.69, 9.17) is 0 Å². The number of aromatic nitrogens is 5. The molecule has 32 heavy (non-hydrogen) atoms. The van der Waals surface area contributed by atoms with Gasteiger partial charge in [-0.25, -0.2) is 22.5 Å². The van der Waals surface area contributed by atoms with Crippen LogP contribution in [-0.2, 0) is 10.0 Å². The molecule has 5 rings (SSSR count). The molecule has 0 unspecified atom stereocenters. The van der Waals surface area contributed by atoms with Gasteiger partial charge < -0.3 is 9.71 Å². The molecule has 0 amide bonds. The predicted octanol–water partition coefficient (Wildman–Crippen LogP) is 3.79.